The molecular formula is C30H42CoO3Si-. The Balaban J connectivity index is 0.000000551. The Kier molecular flexibility index (Phi) is 10.4. The number of ether oxygens (including phenoxy) is 3. The molecule has 2 atom stereocenters. The van der Waals surface area contributed by atoms with Gasteiger partial charge in [0.2, 0.25) is 0 Å². The summed E-state index contributed by atoms with van der Waals surface area (Å²) < 4.78 is 16.9. The monoisotopic (exact) mass is 537 g/mol. The fourth-order valence-corrected chi connectivity index (χ4v) is 7.90. The second-order valence-electron chi connectivity index (χ2n) is 10.7. The van der Waals surface area contributed by atoms with Crippen molar-refractivity contribution in [3.8, 4) is 5.75 Å². The third-order valence-corrected chi connectivity index (χ3v) is 9.88. The van der Waals surface area contributed by atoms with Gasteiger partial charge in [-0.3, -0.25) is 0 Å². The molecular weight excluding hydrogens is 495 g/mol. The van der Waals surface area contributed by atoms with Crippen molar-refractivity contribution in [1.29, 1.82) is 0 Å². The summed E-state index contributed by atoms with van der Waals surface area (Å²) in [7, 11) is 1.98. The molecule has 194 valence electrons. The minimum absolute atomic E-state index is 0. The Morgan fingerprint density at radius 1 is 1.00 bits per heavy atom. The minimum Gasteiger partial charge on any atom is -0.497 e. The first-order valence-corrected chi connectivity index (χ1v) is 15.7. The van der Waals surface area contributed by atoms with Crippen LogP contribution in [-0.2, 0) is 32.7 Å². The summed E-state index contributed by atoms with van der Waals surface area (Å²) in [5.41, 5.74) is 7.90. The molecule has 5 heteroatoms. The Morgan fingerprint density at radius 2 is 1.71 bits per heavy atom. The fourth-order valence-electron chi connectivity index (χ4n) is 5.97. The van der Waals surface area contributed by atoms with Crippen molar-refractivity contribution in [2.24, 2.45) is 5.41 Å². The van der Waals surface area contributed by atoms with Crippen LogP contribution in [0.4, 0.5) is 0 Å². The predicted octanol–water partition coefficient (Wildman–Crippen LogP) is 7.53. The first-order valence-electron chi connectivity index (χ1n) is 12.2. The largest absolute Gasteiger partial charge is 0.497 e. The standard InChI is InChI=1S/C24H34O3Si.C5H5.CH3.Co/c1-24-14-21(28(4,5)6)23-18-10-8-17(26-3)13-16(18)7-9-19(23)20(24)11-12-22(24)27-15-25-2;1-2-4-5-3-1;;/h8,10,13,22H,7,9,11-12,14-15H2,1-6H3;1-5H;1H3;/q;;-1;/t22-,24-;;;/m0.../s1. The zero-order chi connectivity index (χ0) is 23.6. The van der Waals surface area contributed by atoms with Crippen LogP contribution in [0.15, 0.2) is 58.8 Å². The van der Waals surface area contributed by atoms with E-state index in [4.69, 9.17) is 14.2 Å². The zero-order valence-electron chi connectivity index (χ0n) is 22.5. The number of hydrogen-bond donors (Lipinski definition) is 0. The van der Waals surface area contributed by atoms with Crippen LogP contribution in [0.5, 0.6) is 5.75 Å². The van der Waals surface area contributed by atoms with E-state index in [9.17, 15) is 0 Å². The number of fused-ring (bicyclic) bond motifs is 4. The first-order chi connectivity index (χ1) is 15.8. The normalized spacial score (nSPS) is 24.0. The van der Waals surface area contributed by atoms with Gasteiger partial charge >= 0.3 is 0 Å². The molecule has 0 spiro atoms. The van der Waals surface area contributed by atoms with E-state index in [2.05, 4.69) is 44.8 Å². The number of hydrogen-bond acceptors (Lipinski definition) is 3. The molecule has 2 radical (unpaired) electrons. The van der Waals surface area contributed by atoms with Gasteiger partial charge in [0, 0.05) is 35.7 Å². The van der Waals surface area contributed by atoms with Crippen LogP contribution in [0.3, 0.4) is 0 Å². The van der Waals surface area contributed by atoms with Crippen molar-refractivity contribution in [2.75, 3.05) is 21.0 Å². The zero-order valence-corrected chi connectivity index (χ0v) is 24.5. The van der Waals surface area contributed by atoms with Gasteiger partial charge in [0.05, 0.1) is 21.3 Å². The van der Waals surface area contributed by atoms with E-state index in [0.29, 0.717) is 6.79 Å². The molecule has 1 aromatic rings. The van der Waals surface area contributed by atoms with Crippen LogP contribution in [0.1, 0.15) is 43.7 Å². The maximum atomic E-state index is 6.18. The molecule has 4 aliphatic rings. The van der Waals surface area contributed by atoms with E-state index in [0.717, 1.165) is 37.9 Å². The maximum Gasteiger partial charge on any atom is 0.146 e. The van der Waals surface area contributed by atoms with Gasteiger partial charge in [-0.25, -0.2) is 0 Å². The first kappa shape index (κ1) is 29.9. The minimum atomic E-state index is -1.50. The number of rotatable bonds is 5. The average molecular weight is 538 g/mol. The van der Waals surface area contributed by atoms with E-state index < -0.39 is 8.07 Å². The van der Waals surface area contributed by atoms with E-state index >= 15 is 0 Å². The number of allylic oxidation sites excluding steroid dienone is 7. The molecule has 0 bridgehead atoms. The number of benzene rings is 1. The van der Waals surface area contributed by atoms with Crippen molar-refractivity contribution in [1.82, 2.24) is 0 Å². The second-order valence-corrected chi connectivity index (χ2v) is 15.8. The number of methoxy groups -OCH3 is 2. The van der Waals surface area contributed by atoms with Crippen LogP contribution >= 0.6 is 0 Å². The van der Waals surface area contributed by atoms with Gasteiger partial charge in [-0.2, -0.15) is 0 Å². The van der Waals surface area contributed by atoms with Crippen molar-refractivity contribution in [2.45, 2.75) is 64.8 Å². The van der Waals surface area contributed by atoms with E-state index in [1.165, 1.54) is 11.1 Å². The second kappa shape index (κ2) is 12.2. The van der Waals surface area contributed by atoms with E-state index in [1.54, 1.807) is 36.1 Å². The molecule has 0 unspecified atom stereocenters. The number of aryl methyl sites for hydroxylation is 1. The van der Waals surface area contributed by atoms with Crippen LogP contribution in [0.25, 0.3) is 5.57 Å². The summed E-state index contributed by atoms with van der Waals surface area (Å²) in [6.07, 6.45) is 15.9. The van der Waals surface area contributed by atoms with Gasteiger partial charge < -0.3 is 21.6 Å². The van der Waals surface area contributed by atoms with Crippen molar-refractivity contribution < 1.29 is 31.0 Å². The molecule has 1 saturated carbocycles. The Hall–Kier alpha value is -1.38. The SMILES string of the molecule is COCO[C@H]1CCC2=C3CCc4cc(OC)ccc4C3=C([Si](C)(C)C)C[C@@]21C.[CH3-].[CH]1C=CC=C1.[Co]. The smallest absolute Gasteiger partial charge is 0.146 e. The Bertz CT molecular complexity index is 1000. The molecule has 0 aromatic heterocycles. The van der Waals surface area contributed by atoms with Gasteiger partial charge in [0.25, 0.3) is 0 Å². The third-order valence-electron chi connectivity index (χ3n) is 7.64. The Labute approximate surface area is 224 Å². The molecule has 1 fully saturated rings. The summed E-state index contributed by atoms with van der Waals surface area (Å²) in [6.45, 7) is 10.3. The predicted molar refractivity (Wildman–Crippen MR) is 146 cm³/mol. The van der Waals surface area contributed by atoms with Gasteiger partial charge in [0.15, 0.2) is 0 Å². The molecule has 0 N–H and O–H groups in total. The van der Waals surface area contributed by atoms with Crippen LogP contribution in [0, 0.1) is 19.3 Å². The third kappa shape index (κ3) is 5.96. The molecule has 4 aliphatic carbocycles. The van der Waals surface area contributed by atoms with Crippen LogP contribution in [-0.4, -0.2) is 35.2 Å². The van der Waals surface area contributed by atoms with Gasteiger partial charge in [-0.1, -0.05) is 67.7 Å². The molecule has 3 nitrogen and oxygen atoms in total. The van der Waals surface area contributed by atoms with Crippen molar-refractivity contribution >= 4 is 13.6 Å². The molecule has 5 rings (SSSR count). The van der Waals surface area contributed by atoms with Crippen LogP contribution in [0.2, 0.25) is 19.6 Å². The van der Waals surface area contributed by atoms with Crippen LogP contribution < -0.4 is 4.74 Å². The maximum absolute atomic E-state index is 6.18. The summed E-state index contributed by atoms with van der Waals surface area (Å²) in [4.78, 5) is 0. The van der Waals surface area contributed by atoms with Crippen molar-refractivity contribution in [3.63, 3.8) is 0 Å². The van der Waals surface area contributed by atoms with Gasteiger partial charge in [-0.05, 0) is 66.5 Å². The van der Waals surface area contributed by atoms with E-state index in [-0.39, 0.29) is 35.7 Å². The summed E-state index contributed by atoms with van der Waals surface area (Å²) in [5.74, 6) is 0.972. The average Bonchev–Trinajstić information content (AvgIpc) is 3.47. The molecule has 0 amide bonds. The summed E-state index contributed by atoms with van der Waals surface area (Å²) in [6, 6.07) is 6.69. The quantitative estimate of drug-likeness (QED) is 0.221. The molecule has 1 aromatic carbocycles. The summed E-state index contributed by atoms with van der Waals surface area (Å²) >= 11 is 0. The molecule has 0 aliphatic heterocycles. The van der Waals surface area contributed by atoms with Gasteiger partial charge in [-0.15, -0.1) is 0 Å². The molecule has 0 heterocycles. The van der Waals surface area contributed by atoms with Gasteiger partial charge in [0.1, 0.15) is 12.5 Å². The van der Waals surface area contributed by atoms with Crippen molar-refractivity contribution in [3.05, 3.63) is 83.8 Å². The fraction of sp³-hybridized carbons (Fsp3) is 0.467. The van der Waals surface area contributed by atoms with E-state index in [1.807, 2.05) is 30.7 Å². The topological polar surface area (TPSA) is 27.7 Å². The molecule has 0 saturated heterocycles. The molecule has 35 heavy (non-hydrogen) atoms. The summed E-state index contributed by atoms with van der Waals surface area (Å²) in [5, 5.41) is 1.72. The Morgan fingerprint density at radius 3 is 2.29 bits per heavy atom.